The third kappa shape index (κ3) is 1.49. The Labute approximate surface area is 72.0 Å². The normalized spacial score (nSPS) is 18.8. The van der Waals surface area contributed by atoms with Crippen LogP contribution in [-0.4, -0.2) is 10.5 Å². The average molecular weight is 163 g/mol. The lowest BCUT2D eigenvalue weighted by Crippen LogP contribution is -2.16. The van der Waals surface area contributed by atoms with E-state index < -0.39 is 0 Å². The monoisotopic (exact) mass is 163 g/mol. The number of nitrogens with zero attached hydrogens (tertiary/aromatic N) is 1. The Morgan fingerprint density at radius 2 is 2.33 bits per heavy atom. The van der Waals surface area contributed by atoms with Gasteiger partial charge in [0.1, 0.15) is 5.82 Å². The van der Waals surface area contributed by atoms with E-state index in [1.807, 2.05) is 6.07 Å². The molecule has 1 saturated carbocycles. The molecule has 0 aliphatic heterocycles. The molecule has 1 aliphatic rings. The summed E-state index contributed by atoms with van der Waals surface area (Å²) >= 11 is 0. The maximum Gasteiger partial charge on any atom is 0.128 e. The van der Waals surface area contributed by atoms with E-state index >= 15 is 0 Å². The molecule has 3 nitrogen and oxygen atoms in total. The van der Waals surface area contributed by atoms with Crippen LogP contribution in [0.25, 0.3) is 0 Å². The van der Waals surface area contributed by atoms with Gasteiger partial charge in [-0.25, -0.2) is 4.98 Å². The first-order chi connectivity index (χ1) is 5.68. The Bertz CT molecular complexity index is 292. The summed E-state index contributed by atoms with van der Waals surface area (Å²) in [6.45, 7) is 2.19. The summed E-state index contributed by atoms with van der Waals surface area (Å²) in [6, 6.07) is 3.66. The second-order valence-electron chi connectivity index (χ2n) is 3.66. The van der Waals surface area contributed by atoms with Crippen LogP contribution in [-0.2, 0) is 0 Å². The zero-order valence-electron chi connectivity index (χ0n) is 7.17. The Kier molecular flexibility index (Phi) is 1.46. The maximum atomic E-state index is 5.62. The van der Waals surface area contributed by atoms with Gasteiger partial charge in [-0.05, 0) is 25.8 Å². The molecule has 0 bridgehead atoms. The van der Waals surface area contributed by atoms with Crippen molar-refractivity contribution in [2.75, 3.05) is 11.1 Å². The van der Waals surface area contributed by atoms with E-state index in [1.54, 1.807) is 12.3 Å². The van der Waals surface area contributed by atoms with E-state index in [9.17, 15) is 0 Å². The second-order valence-corrected chi connectivity index (χ2v) is 3.66. The molecular formula is C9H13N3. The minimum Gasteiger partial charge on any atom is -0.399 e. The molecule has 1 aromatic heterocycles. The predicted molar refractivity (Wildman–Crippen MR) is 49.9 cm³/mol. The summed E-state index contributed by atoms with van der Waals surface area (Å²) in [5, 5.41) is 3.34. The van der Waals surface area contributed by atoms with Gasteiger partial charge in [0.2, 0.25) is 0 Å². The lowest BCUT2D eigenvalue weighted by molar-refractivity contribution is 0.821. The molecule has 0 amide bonds. The lowest BCUT2D eigenvalue weighted by atomic mass is 10.3. The molecule has 0 saturated heterocycles. The zero-order valence-corrected chi connectivity index (χ0v) is 7.17. The van der Waals surface area contributed by atoms with Crippen LogP contribution in [0, 0.1) is 0 Å². The van der Waals surface area contributed by atoms with Gasteiger partial charge in [0.05, 0.1) is 0 Å². The number of aromatic nitrogens is 1. The maximum absolute atomic E-state index is 5.62. The number of hydrogen-bond donors (Lipinski definition) is 2. The molecule has 0 radical (unpaired) electrons. The van der Waals surface area contributed by atoms with Crippen molar-refractivity contribution in [2.45, 2.75) is 25.3 Å². The summed E-state index contributed by atoms with van der Waals surface area (Å²) in [7, 11) is 0. The molecule has 12 heavy (non-hydrogen) atoms. The first-order valence-corrected chi connectivity index (χ1v) is 4.18. The molecule has 1 fully saturated rings. The predicted octanol–water partition coefficient (Wildman–Crippen LogP) is 1.63. The molecule has 0 unspecified atom stereocenters. The number of nitrogen functional groups attached to an aromatic ring is 1. The van der Waals surface area contributed by atoms with E-state index in [0.29, 0.717) is 0 Å². The van der Waals surface area contributed by atoms with Crippen molar-refractivity contribution < 1.29 is 0 Å². The molecule has 1 aliphatic carbocycles. The van der Waals surface area contributed by atoms with E-state index in [4.69, 9.17) is 5.73 Å². The minimum atomic E-state index is 0.279. The van der Waals surface area contributed by atoms with Crippen LogP contribution in [0.4, 0.5) is 11.5 Å². The van der Waals surface area contributed by atoms with Crippen LogP contribution in [0.5, 0.6) is 0 Å². The van der Waals surface area contributed by atoms with Crippen LogP contribution in [0.15, 0.2) is 18.3 Å². The van der Waals surface area contributed by atoms with Crippen molar-refractivity contribution in [3.63, 3.8) is 0 Å². The summed E-state index contributed by atoms with van der Waals surface area (Å²) in [5.41, 5.74) is 6.66. The van der Waals surface area contributed by atoms with E-state index in [-0.39, 0.29) is 5.54 Å². The van der Waals surface area contributed by atoms with Gasteiger partial charge in [-0.15, -0.1) is 0 Å². The van der Waals surface area contributed by atoms with Gasteiger partial charge in [-0.2, -0.15) is 0 Å². The average Bonchev–Trinajstić information content (AvgIpc) is 2.67. The third-order valence-electron chi connectivity index (χ3n) is 2.21. The van der Waals surface area contributed by atoms with Crippen LogP contribution in [0.3, 0.4) is 0 Å². The first-order valence-electron chi connectivity index (χ1n) is 4.18. The Morgan fingerprint density at radius 1 is 1.58 bits per heavy atom. The van der Waals surface area contributed by atoms with Gasteiger partial charge in [0.25, 0.3) is 0 Å². The van der Waals surface area contributed by atoms with Crippen molar-refractivity contribution in [3.05, 3.63) is 18.3 Å². The molecule has 1 heterocycles. The van der Waals surface area contributed by atoms with Gasteiger partial charge >= 0.3 is 0 Å². The fourth-order valence-corrected chi connectivity index (χ4v) is 1.14. The fraction of sp³-hybridized carbons (Fsp3) is 0.444. The quantitative estimate of drug-likeness (QED) is 0.696. The van der Waals surface area contributed by atoms with Crippen molar-refractivity contribution in [2.24, 2.45) is 0 Å². The van der Waals surface area contributed by atoms with Gasteiger partial charge in [0, 0.05) is 23.5 Å². The van der Waals surface area contributed by atoms with Crippen LogP contribution >= 0.6 is 0 Å². The smallest absolute Gasteiger partial charge is 0.128 e. The first kappa shape index (κ1) is 7.40. The van der Waals surface area contributed by atoms with E-state index in [1.165, 1.54) is 12.8 Å². The number of rotatable bonds is 2. The Morgan fingerprint density at radius 3 is 2.92 bits per heavy atom. The summed E-state index contributed by atoms with van der Waals surface area (Å²) in [5.74, 6) is 0.884. The molecule has 64 valence electrons. The van der Waals surface area contributed by atoms with Crippen LogP contribution in [0.1, 0.15) is 19.8 Å². The summed E-state index contributed by atoms with van der Waals surface area (Å²) in [6.07, 6.45) is 4.18. The van der Waals surface area contributed by atoms with Crippen molar-refractivity contribution >= 4 is 11.5 Å². The van der Waals surface area contributed by atoms with Gasteiger partial charge in [0.15, 0.2) is 0 Å². The highest BCUT2D eigenvalue weighted by molar-refractivity contribution is 5.50. The van der Waals surface area contributed by atoms with E-state index in [0.717, 1.165) is 11.5 Å². The van der Waals surface area contributed by atoms with Gasteiger partial charge in [-0.1, -0.05) is 0 Å². The number of anilines is 2. The van der Waals surface area contributed by atoms with Crippen LogP contribution < -0.4 is 11.1 Å². The number of hydrogen-bond acceptors (Lipinski definition) is 3. The summed E-state index contributed by atoms with van der Waals surface area (Å²) < 4.78 is 0. The topological polar surface area (TPSA) is 50.9 Å². The molecule has 2 rings (SSSR count). The Balaban J connectivity index is 2.12. The molecule has 0 spiro atoms. The van der Waals surface area contributed by atoms with Crippen molar-refractivity contribution in [1.29, 1.82) is 0 Å². The number of pyridine rings is 1. The fourth-order valence-electron chi connectivity index (χ4n) is 1.14. The number of nitrogens with two attached hydrogens (primary N) is 1. The lowest BCUT2D eigenvalue weighted by Gasteiger charge is -2.11. The molecule has 3 N–H and O–H groups in total. The van der Waals surface area contributed by atoms with Crippen molar-refractivity contribution in [3.8, 4) is 0 Å². The highest BCUT2D eigenvalue weighted by Crippen LogP contribution is 2.37. The zero-order chi connectivity index (χ0) is 8.60. The molecular weight excluding hydrogens is 150 g/mol. The van der Waals surface area contributed by atoms with Crippen molar-refractivity contribution in [1.82, 2.24) is 4.98 Å². The molecule has 3 heteroatoms. The largest absolute Gasteiger partial charge is 0.399 e. The third-order valence-corrected chi connectivity index (χ3v) is 2.21. The standard InChI is InChI=1S/C9H13N3/c1-9(3-4-9)12-8-6-7(10)2-5-11-8/h2,5-6H,3-4H2,1H3,(H3,10,11,12). The van der Waals surface area contributed by atoms with Gasteiger partial charge in [-0.3, -0.25) is 0 Å². The molecule has 0 aromatic carbocycles. The highest BCUT2D eigenvalue weighted by Gasteiger charge is 2.37. The van der Waals surface area contributed by atoms with Gasteiger partial charge < -0.3 is 11.1 Å². The van der Waals surface area contributed by atoms with E-state index in [2.05, 4.69) is 17.2 Å². The highest BCUT2D eigenvalue weighted by atomic mass is 15.1. The van der Waals surface area contributed by atoms with Crippen LogP contribution in [0.2, 0.25) is 0 Å². The number of nitrogens with one attached hydrogen (secondary N) is 1. The molecule has 0 atom stereocenters. The SMILES string of the molecule is CC1(Nc2cc(N)ccn2)CC1. The second kappa shape index (κ2) is 2.37. The minimum absolute atomic E-state index is 0.279. The molecule has 1 aromatic rings. The Hall–Kier alpha value is -1.25. The summed E-state index contributed by atoms with van der Waals surface area (Å²) in [4.78, 5) is 4.17.